The molecule has 0 unspecified atom stereocenters. The summed E-state index contributed by atoms with van der Waals surface area (Å²) in [5.41, 5.74) is 1.79. The summed E-state index contributed by atoms with van der Waals surface area (Å²) in [5, 5.41) is 11.8. The van der Waals surface area contributed by atoms with Gasteiger partial charge in [-0.15, -0.1) is 0 Å². The molecule has 1 N–H and O–H groups in total. The number of rotatable bonds is 4. The zero-order valence-electron chi connectivity index (χ0n) is 10.8. The molecule has 4 heteroatoms. The Morgan fingerprint density at radius 2 is 2.05 bits per heavy atom. The summed E-state index contributed by atoms with van der Waals surface area (Å²) in [6.07, 6.45) is 4.91. The smallest absolute Gasteiger partial charge is 0.262 e. The van der Waals surface area contributed by atoms with Gasteiger partial charge in [-0.25, -0.2) is 0 Å². The number of benzene rings is 1. The van der Waals surface area contributed by atoms with E-state index in [9.17, 15) is 4.79 Å². The van der Waals surface area contributed by atoms with Gasteiger partial charge in [-0.05, 0) is 23.3 Å². The van der Waals surface area contributed by atoms with E-state index in [0.717, 1.165) is 11.1 Å². The minimum absolute atomic E-state index is 0.0834. The van der Waals surface area contributed by atoms with E-state index < -0.39 is 0 Å². The Morgan fingerprint density at radius 1 is 1.25 bits per heavy atom. The Bertz CT molecular complexity index is 642. The highest BCUT2D eigenvalue weighted by Crippen LogP contribution is 2.06. The average Bonchev–Trinajstić information content (AvgIpc) is 2.52. The van der Waals surface area contributed by atoms with Gasteiger partial charge < -0.3 is 5.32 Å². The highest BCUT2D eigenvalue weighted by Gasteiger charge is 2.08. The summed E-state index contributed by atoms with van der Waals surface area (Å²) in [5.74, 6) is -0.389. The largest absolute Gasteiger partial charge is 0.347 e. The first kappa shape index (κ1) is 13.5. The van der Waals surface area contributed by atoms with E-state index in [1.807, 2.05) is 42.5 Å². The number of amides is 1. The third kappa shape index (κ3) is 3.79. The number of carbonyl (C=O) groups is 1. The molecule has 0 spiro atoms. The molecular weight excluding hydrogens is 250 g/mol. The van der Waals surface area contributed by atoms with Crippen LogP contribution in [-0.2, 0) is 11.3 Å². The van der Waals surface area contributed by atoms with Crippen LogP contribution < -0.4 is 5.32 Å². The molecule has 20 heavy (non-hydrogen) atoms. The fraction of sp³-hybridized carbons (Fsp3) is 0.0625. The molecule has 2 aromatic rings. The van der Waals surface area contributed by atoms with E-state index in [4.69, 9.17) is 5.26 Å². The van der Waals surface area contributed by atoms with Crippen molar-refractivity contribution in [1.82, 2.24) is 10.3 Å². The van der Waals surface area contributed by atoms with Gasteiger partial charge in [0.2, 0.25) is 0 Å². The average molecular weight is 263 g/mol. The molecule has 1 amide bonds. The number of nitrogens with one attached hydrogen (secondary N) is 1. The van der Waals surface area contributed by atoms with Gasteiger partial charge in [0.1, 0.15) is 11.6 Å². The molecule has 0 bridgehead atoms. The second kappa shape index (κ2) is 6.86. The van der Waals surface area contributed by atoms with Gasteiger partial charge in [-0.3, -0.25) is 9.78 Å². The third-order valence-electron chi connectivity index (χ3n) is 2.65. The lowest BCUT2D eigenvalue weighted by Gasteiger charge is -2.04. The van der Waals surface area contributed by atoms with Crippen molar-refractivity contribution in [1.29, 1.82) is 5.26 Å². The van der Waals surface area contributed by atoms with E-state index in [2.05, 4.69) is 10.3 Å². The fourth-order valence-corrected chi connectivity index (χ4v) is 1.64. The zero-order chi connectivity index (χ0) is 14.2. The molecule has 0 atom stereocenters. The van der Waals surface area contributed by atoms with Crippen molar-refractivity contribution in [2.75, 3.05) is 0 Å². The first-order valence-electron chi connectivity index (χ1n) is 6.13. The zero-order valence-corrected chi connectivity index (χ0v) is 10.8. The van der Waals surface area contributed by atoms with Gasteiger partial charge in [-0.1, -0.05) is 36.4 Å². The fourth-order valence-electron chi connectivity index (χ4n) is 1.64. The molecule has 98 valence electrons. The van der Waals surface area contributed by atoms with Crippen molar-refractivity contribution in [2.45, 2.75) is 6.54 Å². The molecule has 0 saturated carbocycles. The SMILES string of the molecule is N#C/C(=C\c1ccccc1)C(=O)NCc1cccnc1. The topological polar surface area (TPSA) is 65.8 Å². The number of hydrogen-bond acceptors (Lipinski definition) is 3. The molecule has 1 aromatic heterocycles. The van der Waals surface area contributed by atoms with E-state index in [-0.39, 0.29) is 11.5 Å². The summed E-state index contributed by atoms with van der Waals surface area (Å²) in [7, 11) is 0. The van der Waals surface area contributed by atoms with Crippen LogP contribution in [0, 0.1) is 11.3 Å². The molecule has 1 aromatic carbocycles. The maximum absolute atomic E-state index is 11.9. The van der Waals surface area contributed by atoms with Crippen LogP contribution in [0.25, 0.3) is 6.08 Å². The van der Waals surface area contributed by atoms with Crippen LogP contribution in [-0.4, -0.2) is 10.9 Å². The van der Waals surface area contributed by atoms with Crippen molar-refractivity contribution in [2.24, 2.45) is 0 Å². The van der Waals surface area contributed by atoms with Crippen molar-refractivity contribution < 1.29 is 4.79 Å². The van der Waals surface area contributed by atoms with E-state index in [1.165, 1.54) is 0 Å². The number of nitriles is 1. The van der Waals surface area contributed by atoms with Crippen LogP contribution in [0.2, 0.25) is 0 Å². The van der Waals surface area contributed by atoms with Crippen LogP contribution in [0.5, 0.6) is 0 Å². The Morgan fingerprint density at radius 3 is 2.70 bits per heavy atom. The van der Waals surface area contributed by atoms with Crippen molar-refractivity contribution in [3.63, 3.8) is 0 Å². The van der Waals surface area contributed by atoms with Crippen LogP contribution in [0.1, 0.15) is 11.1 Å². The molecule has 0 radical (unpaired) electrons. The maximum atomic E-state index is 11.9. The van der Waals surface area contributed by atoms with Crippen molar-refractivity contribution >= 4 is 12.0 Å². The molecule has 0 aliphatic carbocycles. The number of aromatic nitrogens is 1. The van der Waals surface area contributed by atoms with Crippen LogP contribution in [0.4, 0.5) is 0 Å². The second-order valence-electron chi connectivity index (χ2n) is 4.12. The van der Waals surface area contributed by atoms with Crippen molar-refractivity contribution in [3.05, 3.63) is 71.6 Å². The van der Waals surface area contributed by atoms with E-state index in [0.29, 0.717) is 6.54 Å². The Balaban J connectivity index is 2.03. The van der Waals surface area contributed by atoms with Gasteiger partial charge >= 0.3 is 0 Å². The van der Waals surface area contributed by atoms with Crippen molar-refractivity contribution in [3.8, 4) is 6.07 Å². The third-order valence-corrected chi connectivity index (χ3v) is 2.65. The van der Waals surface area contributed by atoms with Gasteiger partial charge in [0.15, 0.2) is 0 Å². The summed E-state index contributed by atoms with van der Waals surface area (Å²) in [6, 6.07) is 14.8. The predicted molar refractivity (Wildman–Crippen MR) is 76.1 cm³/mol. The molecule has 0 aliphatic heterocycles. The molecule has 0 saturated heterocycles. The highest BCUT2D eigenvalue weighted by atomic mass is 16.1. The second-order valence-corrected chi connectivity index (χ2v) is 4.12. The minimum atomic E-state index is -0.389. The Kier molecular flexibility index (Phi) is 4.63. The van der Waals surface area contributed by atoms with Gasteiger partial charge in [0.25, 0.3) is 5.91 Å². The summed E-state index contributed by atoms with van der Waals surface area (Å²) >= 11 is 0. The van der Waals surface area contributed by atoms with E-state index in [1.54, 1.807) is 24.5 Å². The molecular formula is C16H13N3O. The number of carbonyl (C=O) groups excluding carboxylic acids is 1. The molecule has 2 rings (SSSR count). The molecule has 1 heterocycles. The normalized spacial score (nSPS) is 10.7. The van der Waals surface area contributed by atoms with Crippen LogP contribution in [0.3, 0.4) is 0 Å². The summed E-state index contributed by atoms with van der Waals surface area (Å²) in [4.78, 5) is 15.9. The first-order valence-corrected chi connectivity index (χ1v) is 6.13. The quantitative estimate of drug-likeness (QED) is 0.680. The molecule has 0 aliphatic rings. The van der Waals surface area contributed by atoms with Gasteiger partial charge in [0, 0.05) is 18.9 Å². The lowest BCUT2D eigenvalue weighted by molar-refractivity contribution is -0.117. The Labute approximate surface area is 117 Å². The van der Waals surface area contributed by atoms with Gasteiger partial charge in [-0.2, -0.15) is 5.26 Å². The number of hydrogen-bond donors (Lipinski definition) is 1. The number of nitrogens with zero attached hydrogens (tertiary/aromatic N) is 2. The molecule has 0 fully saturated rings. The lowest BCUT2D eigenvalue weighted by Crippen LogP contribution is -2.23. The van der Waals surface area contributed by atoms with Crippen LogP contribution >= 0.6 is 0 Å². The summed E-state index contributed by atoms with van der Waals surface area (Å²) in [6.45, 7) is 0.348. The minimum Gasteiger partial charge on any atom is -0.347 e. The summed E-state index contributed by atoms with van der Waals surface area (Å²) < 4.78 is 0. The first-order chi connectivity index (χ1) is 9.79. The maximum Gasteiger partial charge on any atom is 0.262 e. The molecule has 4 nitrogen and oxygen atoms in total. The standard InChI is InChI=1S/C16H13N3O/c17-10-15(9-13-5-2-1-3-6-13)16(20)19-12-14-7-4-8-18-11-14/h1-9,11H,12H2,(H,19,20)/b15-9+. The lowest BCUT2D eigenvalue weighted by atomic mass is 10.1. The monoisotopic (exact) mass is 263 g/mol. The number of pyridine rings is 1. The van der Waals surface area contributed by atoms with Crippen LogP contribution in [0.15, 0.2) is 60.4 Å². The van der Waals surface area contributed by atoms with E-state index >= 15 is 0 Å². The van der Waals surface area contributed by atoms with Gasteiger partial charge in [0.05, 0.1) is 0 Å². The Hall–Kier alpha value is -2.93. The predicted octanol–water partition coefficient (Wildman–Crippen LogP) is 2.30. The highest BCUT2D eigenvalue weighted by molar-refractivity contribution is 6.01.